The molecule has 0 aromatic heterocycles. The Labute approximate surface area is 398 Å². The van der Waals surface area contributed by atoms with Crippen LogP contribution in [0.3, 0.4) is 0 Å². The van der Waals surface area contributed by atoms with Crippen molar-refractivity contribution in [1.82, 2.24) is 5.32 Å². The van der Waals surface area contributed by atoms with Gasteiger partial charge < -0.3 is 25.7 Å². The van der Waals surface area contributed by atoms with Crippen LogP contribution in [0.4, 0.5) is 0 Å². The number of carbonyl (C=O) groups excluding carboxylic acids is 1. The van der Waals surface area contributed by atoms with Gasteiger partial charge in [0.05, 0.1) is 18.8 Å². The van der Waals surface area contributed by atoms with Crippen molar-refractivity contribution in [2.45, 2.75) is 321 Å². The molecule has 0 rings (SSSR count). The van der Waals surface area contributed by atoms with E-state index in [9.17, 15) is 25.2 Å². The predicted octanol–water partition coefficient (Wildman–Crippen LogP) is 16.4. The monoisotopic (exact) mass is 902 g/mol. The molecule has 6 nitrogen and oxygen atoms in total. The van der Waals surface area contributed by atoms with Crippen molar-refractivity contribution >= 4 is 5.91 Å². The van der Waals surface area contributed by atoms with E-state index in [1.165, 1.54) is 212 Å². The highest BCUT2D eigenvalue weighted by Crippen LogP contribution is 2.18. The Morgan fingerprint density at radius 1 is 0.375 bits per heavy atom. The van der Waals surface area contributed by atoms with Gasteiger partial charge in [-0.15, -0.1) is 0 Å². The third-order valence-corrected chi connectivity index (χ3v) is 13.3. The summed E-state index contributed by atoms with van der Waals surface area (Å²) in [6.07, 6.45) is 65.1. The number of rotatable bonds is 52. The minimum absolute atomic E-state index is 0.362. The topological polar surface area (TPSA) is 110 Å². The number of carbonyl (C=O) groups is 1. The lowest BCUT2D eigenvalue weighted by molar-refractivity contribution is -0.132. The maximum atomic E-state index is 12.6. The van der Waals surface area contributed by atoms with Gasteiger partial charge in [-0.25, -0.2) is 0 Å². The molecule has 0 saturated heterocycles. The highest BCUT2D eigenvalue weighted by Gasteiger charge is 2.28. The fourth-order valence-electron chi connectivity index (χ4n) is 8.85. The molecule has 64 heavy (non-hydrogen) atoms. The van der Waals surface area contributed by atoms with Gasteiger partial charge in [0.25, 0.3) is 0 Å². The average Bonchev–Trinajstić information content (AvgIpc) is 3.30. The van der Waals surface area contributed by atoms with Gasteiger partial charge in [0.1, 0.15) is 12.2 Å². The normalized spacial score (nSPS) is 14.0. The van der Waals surface area contributed by atoms with E-state index in [4.69, 9.17) is 0 Å². The van der Waals surface area contributed by atoms with Crippen molar-refractivity contribution in [2.75, 3.05) is 6.61 Å². The van der Waals surface area contributed by atoms with E-state index in [1.54, 1.807) is 0 Å². The molecule has 0 aromatic carbocycles. The summed E-state index contributed by atoms with van der Waals surface area (Å²) >= 11 is 0. The van der Waals surface area contributed by atoms with E-state index in [1.807, 2.05) is 0 Å². The molecule has 5 N–H and O–H groups in total. The first-order valence-corrected chi connectivity index (χ1v) is 28.4. The molecule has 0 aliphatic heterocycles. The highest BCUT2D eigenvalue weighted by molar-refractivity contribution is 5.80. The molecule has 378 valence electrons. The first kappa shape index (κ1) is 62.5. The Kier molecular flexibility index (Phi) is 51.3. The van der Waals surface area contributed by atoms with Crippen molar-refractivity contribution in [1.29, 1.82) is 0 Å². The molecule has 0 spiro atoms. The van der Waals surface area contributed by atoms with Gasteiger partial charge >= 0.3 is 0 Å². The van der Waals surface area contributed by atoms with Crippen LogP contribution >= 0.6 is 0 Å². The summed E-state index contributed by atoms with van der Waals surface area (Å²) in [6, 6.07) is -1.01. The second-order valence-electron chi connectivity index (χ2n) is 19.6. The smallest absolute Gasteiger partial charge is 0.249 e. The fourth-order valence-corrected chi connectivity index (χ4v) is 8.85. The van der Waals surface area contributed by atoms with E-state index in [-0.39, 0.29) is 0 Å². The number of amides is 1. The van der Waals surface area contributed by atoms with E-state index in [2.05, 4.69) is 55.6 Å². The summed E-state index contributed by atoms with van der Waals surface area (Å²) in [5.74, 6) is -0.595. The summed E-state index contributed by atoms with van der Waals surface area (Å²) < 4.78 is 0. The quantitative estimate of drug-likeness (QED) is 0.0309. The predicted molar refractivity (Wildman–Crippen MR) is 279 cm³/mol. The zero-order valence-electron chi connectivity index (χ0n) is 42.8. The first-order valence-electron chi connectivity index (χ1n) is 28.4. The number of aliphatic hydroxyl groups excluding tert-OH is 4. The number of allylic oxidation sites excluding steroid dienone is 6. The van der Waals surface area contributed by atoms with E-state index in [0.29, 0.717) is 19.3 Å². The minimum atomic E-state index is -1.29. The van der Waals surface area contributed by atoms with Gasteiger partial charge in [0, 0.05) is 0 Å². The third kappa shape index (κ3) is 45.7. The van der Waals surface area contributed by atoms with Crippen molar-refractivity contribution < 1.29 is 25.2 Å². The Morgan fingerprint density at radius 2 is 0.656 bits per heavy atom. The molecule has 0 aliphatic carbocycles. The van der Waals surface area contributed by atoms with Crippen molar-refractivity contribution in [3.63, 3.8) is 0 Å². The maximum Gasteiger partial charge on any atom is 0.249 e. The maximum absolute atomic E-state index is 12.6. The lowest BCUT2D eigenvalue weighted by Crippen LogP contribution is -2.53. The van der Waals surface area contributed by atoms with E-state index >= 15 is 0 Å². The molecule has 4 atom stereocenters. The summed E-state index contributed by atoms with van der Waals surface area (Å²) in [5, 5.41) is 43.9. The van der Waals surface area contributed by atoms with Crippen LogP contribution in [0.15, 0.2) is 36.5 Å². The van der Waals surface area contributed by atoms with Gasteiger partial charge in [-0.05, 0) is 64.2 Å². The standard InChI is InChI=1S/C58H111NO5/c1-3-5-7-9-11-13-15-17-19-21-23-24-25-26-27-28-29-30-31-32-33-34-36-38-40-42-44-46-48-50-52-56(62)58(64)59-54(53-60)57(63)55(61)51-49-47-45-43-41-39-37-35-22-20-18-16-14-12-10-8-6-4-2/h16,18,35,37,43,45,54-57,60-63H,3-15,17,19-34,36,38-42,44,46-53H2,1-2H3,(H,59,64)/b18-16+,37-35+,45-43+. The summed E-state index contributed by atoms with van der Waals surface area (Å²) in [6.45, 7) is 4.05. The Balaban J connectivity index is 3.62. The number of hydrogen-bond donors (Lipinski definition) is 5. The minimum Gasteiger partial charge on any atom is -0.394 e. The first-order chi connectivity index (χ1) is 31.5. The molecule has 6 heteroatoms. The Morgan fingerprint density at radius 3 is 0.984 bits per heavy atom. The fraction of sp³-hybridized carbons (Fsp3) is 0.879. The van der Waals surface area contributed by atoms with Crippen molar-refractivity contribution in [2.24, 2.45) is 0 Å². The second kappa shape index (κ2) is 52.5. The summed E-state index contributed by atoms with van der Waals surface area (Å²) in [7, 11) is 0. The number of nitrogens with one attached hydrogen (secondary N) is 1. The summed E-state index contributed by atoms with van der Waals surface area (Å²) in [5.41, 5.74) is 0. The molecule has 0 saturated carbocycles. The highest BCUT2D eigenvalue weighted by atomic mass is 16.3. The molecule has 1 amide bonds. The van der Waals surface area contributed by atoms with Gasteiger partial charge in [0.15, 0.2) is 0 Å². The van der Waals surface area contributed by atoms with Crippen molar-refractivity contribution in [3.05, 3.63) is 36.5 Å². The Bertz CT molecular complexity index is 1010. The molecular weight excluding hydrogens is 791 g/mol. The summed E-state index contributed by atoms with van der Waals surface area (Å²) in [4.78, 5) is 12.6. The molecule has 4 unspecified atom stereocenters. The van der Waals surface area contributed by atoms with Crippen LogP contribution in [0.1, 0.15) is 296 Å². The van der Waals surface area contributed by atoms with E-state index in [0.717, 1.165) is 51.4 Å². The average molecular weight is 903 g/mol. The van der Waals surface area contributed by atoms with Crippen molar-refractivity contribution in [3.8, 4) is 0 Å². The lowest BCUT2D eigenvalue weighted by atomic mass is 10.00. The Hall–Kier alpha value is -1.47. The SMILES string of the molecule is CCCCCCC/C=C/CC/C=C/CC/C=C/CCCC(O)C(O)C(CO)NC(=O)C(O)CCCCCCCCCCCCCCCCCCCCCCCCCCCCCCCC. The molecule has 0 fully saturated rings. The molecule has 0 radical (unpaired) electrons. The van der Waals surface area contributed by atoms with Crippen LogP contribution in [0, 0.1) is 0 Å². The van der Waals surface area contributed by atoms with Crippen LogP contribution in [0.2, 0.25) is 0 Å². The van der Waals surface area contributed by atoms with Gasteiger partial charge in [-0.1, -0.05) is 269 Å². The van der Waals surface area contributed by atoms with Crippen LogP contribution in [0.25, 0.3) is 0 Å². The molecule has 0 aliphatic rings. The van der Waals surface area contributed by atoms with E-state index < -0.39 is 36.9 Å². The third-order valence-electron chi connectivity index (χ3n) is 13.3. The molecule has 0 aromatic rings. The van der Waals surface area contributed by atoms with Crippen LogP contribution in [-0.4, -0.2) is 57.3 Å². The van der Waals surface area contributed by atoms with Gasteiger partial charge in [0.2, 0.25) is 5.91 Å². The van der Waals surface area contributed by atoms with Crippen LogP contribution < -0.4 is 5.32 Å². The number of unbranched alkanes of at least 4 members (excludes halogenated alkanes) is 37. The van der Waals surface area contributed by atoms with Crippen LogP contribution in [0.5, 0.6) is 0 Å². The zero-order valence-corrected chi connectivity index (χ0v) is 42.8. The van der Waals surface area contributed by atoms with Gasteiger partial charge in [-0.2, -0.15) is 0 Å². The van der Waals surface area contributed by atoms with Gasteiger partial charge in [-0.3, -0.25) is 4.79 Å². The molecular formula is C58H111NO5. The zero-order chi connectivity index (χ0) is 46.7. The second-order valence-corrected chi connectivity index (χ2v) is 19.6. The largest absolute Gasteiger partial charge is 0.394 e. The van der Waals surface area contributed by atoms with Crippen LogP contribution in [-0.2, 0) is 4.79 Å². The number of hydrogen-bond acceptors (Lipinski definition) is 5. The molecule has 0 bridgehead atoms. The number of aliphatic hydroxyl groups is 4. The molecule has 0 heterocycles. The lowest BCUT2D eigenvalue weighted by Gasteiger charge is -2.27.